The Kier molecular flexibility index (Phi) is 2.56. The second-order valence-corrected chi connectivity index (χ2v) is 3.94. The van der Waals surface area contributed by atoms with Gasteiger partial charge in [-0.15, -0.1) is 0 Å². The minimum Gasteiger partial charge on any atom is -0.358 e. The van der Waals surface area contributed by atoms with Crippen LogP contribution in [0.4, 0.5) is 5.82 Å². The molecule has 0 atom stereocenters. The van der Waals surface area contributed by atoms with E-state index in [2.05, 4.69) is 20.3 Å². The molecule has 0 aliphatic heterocycles. The maximum Gasteiger partial charge on any atom is 0.458 e. The molecule has 0 radical (unpaired) electrons. The van der Waals surface area contributed by atoms with Crippen molar-refractivity contribution in [3.63, 3.8) is 0 Å². The first-order chi connectivity index (χ1) is 7.63. The lowest BCUT2D eigenvalue weighted by atomic mass is 10.7. The van der Waals surface area contributed by atoms with Crippen LogP contribution in [-0.4, -0.2) is 35.5 Å². The summed E-state index contributed by atoms with van der Waals surface area (Å²) in [4.78, 5) is 25.0. The summed E-state index contributed by atoms with van der Waals surface area (Å²) in [7, 11) is 0. The number of nitrogens with one attached hydrogen (secondary N) is 1. The van der Waals surface area contributed by atoms with Gasteiger partial charge in [0.15, 0.2) is 5.16 Å². The third-order valence-electron chi connectivity index (χ3n) is 1.69. The van der Waals surface area contributed by atoms with E-state index in [1.807, 2.05) is 6.92 Å². The molecule has 9 nitrogen and oxygen atoms in total. The Labute approximate surface area is 92.0 Å². The van der Waals surface area contributed by atoms with Crippen molar-refractivity contribution in [2.24, 2.45) is 0 Å². The van der Waals surface area contributed by atoms with Gasteiger partial charge >= 0.3 is 11.4 Å². The highest BCUT2D eigenvalue weighted by Gasteiger charge is 2.20. The first-order valence-corrected chi connectivity index (χ1v) is 5.24. The van der Waals surface area contributed by atoms with Crippen molar-refractivity contribution in [1.29, 1.82) is 0 Å². The average molecular weight is 242 g/mol. The molecule has 16 heavy (non-hydrogen) atoms. The van der Waals surface area contributed by atoms with Crippen LogP contribution in [0, 0.1) is 10.1 Å². The highest BCUT2D eigenvalue weighted by Crippen LogP contribution is 2.11. The summed E-state index contributed by atoms with van der Waals surface area (Å²) < 4.78 is 0.906. The number of H-pyrrole nitrogens is 1. The molecule has 0 bridgehead atoms. The average Bonchev–Trinajstić information content (AvgIpc) is 2.62. The van der Waals surface area contributed by atoms with Crippen molar-refractivity contribution in [3.05, 3.63) is 20.5 Å². The third-order valence-corrected chi connectivity index (χ3v) is 2.44. The normalized spacial score (nSPS) is 10.8. The quantitative estimate of drug-likeness (QED) is 0.450. The van der Waals surface area contributed by atoms with Crippen LogP contribution in [0.15, 0.2) is 9.95 Å². The Balaban J connectivity index is 2.65. The van der Waals surface area contributed by atoms with Crippen LogP contribution in [0.3, 0.4) is 0 Å². The SMILES string of the molecule is CCSc1nc2nnc([N+](=O)[O-])c(=O)n2[nH]1. The van der Waals surface area contributed by atoms with Gasteiger partial charge in [0.1, 0.15) is 0 Å². The van der Waals surface area contributed by atoms with Gasteiger partial charge in [-0.2, -0.15) is 9.50 Å². The summed E-state index contributed by atoms with van der Waals surface area (Å²) in [5.74, 6) is -0.0508. The minimum absolute atomic E-state index is 0.0200. The molecule has 2 rings (SSSR count). The van der Waals surface area contributed by atoms with Crippen molar-refractivity contribution in [3.8, 4) is 0 Å². The Morgan fingerprint density at radius 2 is 2.31 bits per heavy atom. The molecule has 0 fully saturated rings. The summed E-state index contributed by atoms with van der Waals surface area (Å²) in [6.07, 6.45) is 0. The molecule has 2 heterocycles. The topological polar surface area (TPSA) is 119 Å². The van der Waals surface area contributed by atoms with Gasteiger partial charge in [0.2, 0.25) is 0 Å². The number of hydrogen-bond acceptors (Lipinski definition) is 7. The van der Waals surface area contributed by atoms with E-state index in [1.165, 1.54) is 11.8 Å². The first-order valence-electron chi connectivity index (χ1n) is 4.26. The number of aromatic nitrogens is 5. The van der Waals surface area contributed by atoms with Crippen LogP contribution in [0.2, 0.25) is 0 Å². The van der Waals surface area contributed by atoms with Crippen molar-refractivity contribution in [1.82, 2.24) is 24.8 Å². The fourth-order valence-corrected chi connectivity index (χ4v) is 1.65. The molecule has 0 amide bonds. The first kappa shape index (κ1) is 10.5. The van der Waals surface area contributed by atoms with E-state index >= 15 is 0 Å². The van der Waals surface area contributed by atoms with Gasteiger partial charge in [0.25, 0.3) is 5.78 Å². The Morgan fingerprint density at radius 3 is 2.94 bits per heavy atom. The maximum atomic E-state index is 11.5. The smallest absolute Gasteiger partial charge is 0.358 e. The molecule has 2 aromatic rings. The summed E-state index contributed by atoms with van der Waals surface area (Å²) >= 11 is 1.36. The fourth-order valence-electron chi connectivity index (χ4n) is 1.07. The Morgan fingerprint density at radius 1 is 1.56 bits per heavy atom. The standard InChI is InChI=1S/C6H6N6O3S/c1-2-16-6-7-5-9-8-3(12(14)15)4(13)11(5)10-6/h2H2,1H3,(H,7,9,10). The van der Waals surface area contributed by atoms with Gasteiger partial charge in [0, 0.05) is 5.10 Å². The van der Waals surface area contributed by atoms with Gasteiger partial charge < -0.3 is 10.1 Å². The summed E-state index contributed by atoms with van der Waals surface area (Å²) in [6.45, 7) is 1.91. The van der Waals surface area contributed by atoms with E-state index in [0.29, 0.717) is 5.16 Å². The molecule has 10 heteroatoms. The fraction of sp³-hybridized carbons (Fsp3) is 0.333. The molecular formula is C6H6N6O3S. The number of hydrogen-bond donors (Lipinski definition) is 1. The molecule has 0 unspecified atom stereocenters. The van der Waals surface area contributed by atoms with Crippen LogP contribution < -0.4 is 5.56 Å². The largest absolute Gasteiger partial charge is 0.458 e. The maximum absolute atomic E-state index is 11.5. The van der Waals surface area contributed by atoms with Crippen LogP contribution in [0.1, 0.15) is 6.92 Å². The molecule has 0 saturated heterocycles. The van der Waals surface area contributed by atoms with E-state index in [0.717, 1.165) is 10.3 Å². The summed E-state index contributed by atoms with van der Waals surface area (Å²) in [6, 6.07) is 0. The number of nitro groups is 1. The molecule has 0 spiro atoms. The zero-order chi connectivity index (χ0) is 11.7. The van der Waals surface area contributed by atoms with Gasteiger partial charge in [-0.3, -0.25) is 9.89 Å². The molecular weight excluding hydrogens is 236 g/mol. The monoisotopic (exact) mass is 242 g/mol. The van der Waals surface area contributed by atoms with Crippen LogP contribution >= 0.6 is 11.8 Å². The van der Waals surface area contributed by atoms with Gasteiger partial charge in [-0.1, -0.05) is 18.7 Å². The second kappa shape index (κ2) is 3.89. The molecule has 0 saturated carbocycles. The zero-order valence-electron chi connectivity index (χ0n) is 8.08. The van der Waals surface area contributed by atoms with Crippen molar-refractivity contribution >= 4 is 23.4 Å². The van der Waals surface area contributed by atoms with E-state index in [9.17, 15) is 14.9 Å². The zero-order valence-corrected chi connectivity index (χ0v) is 8.89. The molecule has 0 aliphatic carbocycles. The number of fused-ring (bicyclic) bond motifs is 1. The predicted molar refractivity (Wildman–Crippen MR) is 54.5 cm³/mol. The van der Waals surface area contributed by atoms with Crippen LogP contribution in [0.25, 0.3) is 5.78 Å². The van der Waals surface area contributed by atoms with E-state index in [1.54, 1.807) is 0 Å². The van der Waals surface area contributed by atoms with E-state index in [-0.39, 0.29) is 5.78 Å². The molecule has 0 aliphatic rings. The highest BCUT2D eigenvalue weighted by molar-refractivity contribution is 7.99. The summed E-state index contributed by atoms with van der Waals surface area (Å²) in [5, 5.41) is 20.2. The highest BCUT2D eigenvalue weighted by atomic mass is 32.2. The molecule has 1 N–H and O–H groups in total. The lowest BCUT2D eigenvalue weighted by Gasteiger charge is -1.89. The van der Waals surface area contributed by atoms with Crippen molar-refractivity contribution in [2.75, 3.05) is 5.75 Å². The number of nitrogens with zero attached hydrogens (tertiary/aromatic N) is 5. The van der Waals surface area contributed by atoms with Crippen molar-refractivity contribution in [2.45, 2.75) is 12.1 Å². The summed E-state index contributed by atoms with van der Waals surface area (Å²) in [5.41, 5.74) is -0.870. The lowest BCUT2D eigenvalue weighted by molar-refractivity contribution is -0.391. The Hall–Kier alpha value is -1.97. The molecule has 0 aromatic carbocycles. The lowest BCUT2D eigenvalue weighted by Crippen LogP contribution is -2.20. The predicted octanol–water partition coefficient (Wildman–Crippen LogP) is -0.167. The van der Waals surface area contributed by atoms with Gasteiger partial charge in [0.05, 0.1) is 5.10 Å². The second-order valence-electron chi connectivity index (χ2n) is 2.68. The Bertz CT molecular complexity index is 604. The van der Waals surface area contributed by atoms with Crippen LogP contribution in [0.5, 0.6) is 0 Å². The minimum atomic E-state index is -0.880. The van der Waals surface area contributed by atoms with Gasteiger partial charge in [-0.05, 0) is 10.7 Å². The van der Waals surface area contributed by atoms with E-state index in [4.69, 9.17) is 0 Å². The van der Waals surface area contributed by atoms with Crippen molar-refractivity contribution < 1.29 is 4.92 Å². The number of thioether (sulfide) groups is 1. The van der Waals surface area contributed by atoms with E-state index < -0.39 is 16.3 Å². The third kappa shape index (κ3) is 1.62. The number of rotatable bonds is 3. The van der Waals surface area contributed by atoms with Crippen LogP contribution in [-0.2, 0) is 0 Å². The van der Waals surface area contributed by atoms with Gasteiger partial charge in [-0.25, -0.2) is 0 Å². The number of aromatic amines is 1. The molecule has 2 aromatic heterocycles. The molecule has 84 valence electrons.